The van der Waals surface area contributed by atoms with Gasteiger partial charge < -0.3 is 10.1 Å². The Morgan fingerprint density at radius 1 is 1.47 bits per heavy atom. The zero-order chi connectivity index (χ0) is 14.3. The molecule has 0 spiro atoms. The van der Waals surface area contributed by atoms with Crippen LogP contribution in [0, 0.1) is 5.92 Å². The predicted molar refractivity (Wildman–Crippen MR) is 87.2 cm³/mol. The maximum absolute atomic E-state index is 5.03. The smallest absolute Gasteiger partial charge is 0.0772 e. The zero-order valence-electron chi connectivity index (χ0n) is 11.5. The van der Waals surface area contributed by atoms with E-state index < -0.39 is 0 Å². The molecule has 0 radical (unpaired) electrons. The molecule has 0 amide bonds. The number of methoxy groups -OCH3 is 1. The van der Waals surface area contributed by atoms with E-state index in [9.17, 15) is 0 Å². The van der Waals surface area contributed by atoms with E-state index in [1.807, 2.05) is 12.3 Å². The second-order valence-corrected chi connectivity index (χ2v) is 6.33. The van der Waals surface area contributed by atoms with Crippen molar-refractivity contribution in [2.24, 2.45) is 5.92 Å². The molecule has 0 bridgehead atoms. The van der Waals surface area contributed by atoms with E-state index in [1.54, 1.807) is 7.11 Å². The third-order valence-corrected chi connectivity index (χ3v) is 3.78. The number of hydrogen-bond donors (Lipinski definition) is 1. The molecule has 0 aliphatic heterocycles. The molecule has 106 valence electrons. The van der Waals surface area contributed by atoms with Crippen LogP contribution in [-0.2, 0) is 4.74 Å². The van der Waals surface area contributed by atoms with Gasteiger partial charge in [0, 0.05) is 35.3 Å². The topological polar surface area (TPSA) is 34.1 Å². The number of pyridine rings is 1. The highest BCUT2D eigenvalue weighted by Crippen LogP contribution is 2.23. The van der Waals surface area contributed by atoms with Crippen molar-refractivity contribution in [2.75, 3.05) is 26.8 Å². The van der Waals surface area contributed by atoms with Gasteiger partial charge in [0.1, 0.15) is 0 Å². The Morgan fingerprint density at radius 3 is 2.79 bits per heavy atom. The lowest BCUT2D eigenvalue weighted by atomic mass is 10.0. The molecule has 0 atom stereocenters. The van der Waals surface area contributed by atoms with E-state index >= 15 is 0 Å². The SMILES string of the molecule is COCCNCC(=Cc1ncc(Br)cc1Br)C(C)C. The summed E-state index contributed by atoms with van der Waals surface area (Å²) in [5, 5.41) is 3.37. The lowest BCUT2D eigenvalue weighted by Gasteiger charge is -2.13. The fraction of sp³-hybridized carbons (Fsp3) is 0.500. The molecular formula is C14H20Br2N2O. The largest absolute Gasteiger partial charge is 0.383 e. The van der Waals surface area contributed by atoms with Gasteiger partial charge in [0.25, 0.3) is 0 Å². The summed E-state index contributed by atoms with van der Waals surface area (Å²) in [5.74, 6) is 0.479. The molecule has 0 fully saturated rings. The summed E-state index contributed by atoms with van der Waals surface area (Å²) in [6, 6.07) is 2.01. The third kappa shape index (κ3) is 6.17. The van der Waals surface area contributed by atoms with E-state index in [1.165, 1.54) is 5.57 Å². The lowest BCUT2D eigenvalue weighted by molar-refractivity contribution is 0.200. The maximum Gasteiger partial charge on any atom is 0.0772 e. The van der Waals surface area contributed by atoms with E-state index in [0.29, 0.717) is 5.92 Å². The number of rotatable bonds is 7. The number of hydrogen-bond acceptors (Lipinski definition) is 3. The first-order valence-corrected chi connectivity index (χ1v) is 7.84. The van der Waals surface area contributed by atoms with Gasteiger partial charge in [-0.2, -0.15) is 0 Å². The summed E-state index contributed by atoms with van der Waals surface area (Å²) in [4.78, 5) is 4.42. The summed E-state index contributed by atoms with van der Waals surface area (Å²) in [6.45, 7) is 6.82. The highest BCUT2D eigenvalue weighted by Gasteiger charge is 2.06. The first kappa shape index (κ1) is 16.8. The Morgan fingerprint density at radius 2 is 2.21 bits per heavy atom. The Bertz CT molecular complexity index is 433. The highest BCUT2D eigenvalue weighted by atomic mass is 79.9. The normalized spacial score (nSPS) is 12.2. The van der Waals surface area contributed by atoms with Crippen molar-refractivity contribution in [3.63, 3.8) is 0 Å². The van der Waals surface area contributed by atoms with Crippen LogP contribution >= 0.6 is 31.9 Å². The molecule has 0 unspecified atom stereocenters. The fourth-order valence-corrected chi connectivity index (χ4v) is 2.64. The first-order chi connectivity index (χ1) is 9.04. The average Bonchev–Trinajstić information content (AvgIpc) is 2.35. The number of nitrogens with zero attached hydrogens (tertiary/aromatic N) is 1. The summed E-state index contributed by atoms with van der Waals surface area (Å²) in [7, 11) is 1.71. The monoisotopic (exact) mass is 390 g/mol. The standard InChI is InChI=1S/C14H20Br2N2O/c1-10(2)11(8-17-4-5-19-3)6-14-13(16)7-12(15)9-18-14/h6-7,9-10,17H,4-5,8H2,1-3H3. The van der Waals surface area contributed by atoms with Gasteiger partial charge in [-0.05, 0) is 49.9 Å². The molecule has 0 saturated carbocycles. The lowest BCUT2D eigenvalue weighted by Crippen LogP contribution is -2.23. The number of aromatic nitrogens is 1. The molecule has 3 nitrogen and oxygen atoms in total. The Hall–Kier alpha value is -0.230. The minimum absolute atomic E-state index is 0.479. The van der Waals surface area contributed by atoms with Crippen LogP contribution in [0.1, 0.15) is 19.5 Å². The van der Waals surface area contributed by atoms with Crippen LogP contribution in [0.25, 0.3) is 6.08 Å². The van der Waals surface area contributed by atoms with Gasteiger partial charge in [-0.1, -0.05) is 19.4 Å². The van der Waals surface area contributed by atoms with E-state index in [-0.39, 0.29) is 0 Å². The summed E-state index contributed by atoms with van der Waals surface area (Å²) in [6.07, 6.45) is 3.95. The zero-order valence-corrected chi connectivity index (χ0v) is 14.7. The second kappa shape index (κ2) is 8.84. The van der Waals surface area contributed by atoms with Crippen molar-refractivity contribution in [1.29, 1.82) is 0 Å². The minimum Gasteiger partial charge on any atom is -0.383 e. The summed E-state index contributed by atoms with van der Waals surface area (Å²) >= 11 is 6.95. The quantitative estimate of drug-likeness (QED) is 0.716. The van der Waals surface area contributed by atoms with Crippen molar-refractivity contribution >= 4 is 37.9 Å². The minimum atomic E-state index is 0.479. The van der Waals surface area contributed by atoms with Crippen molar-refractivity contribution in [3.05, 3.63) is 32.5 Å². The van der Waals surface area contributed by atoms with Gasteiger partial charge in [-0.15, -0.1) is 0 Å². The molecule has 5 heteroatoms. The molecule has 1 heterocycles. The van der Waals surface area contributed by atoms with Crippen LogP contribution < -0.4 is 5.32 Å². The van der Waals surface area contributed by atoms with Crippen LogP contribution in [0.15, 0.2) is 26.8 Å². The van der Waals surface area contributed by atoms with Gasteiger partial charge in [0.05, 0.1) is 12.3 Å². The van der Waals surface area contributed by atoms with Crippen LogP contribution in [0.5, 0.6) is 0 Å². The van der Waals surface area contributed by atoms with E-state index in [4.69, 9.17) is 4.74 Å². The molecule has 1 rings (SSSR count). The van der Waals surface area contributed by atoms with E-state index in [0.717, 1.165) is 34.3 Å². The third-order valence-electron chi connectivity index (χ3n) is 2.71. The van der Waals surface area contributed by atoms with E-state index in [2.05, 4.69) is 62.1 Å². The molecule has 19 heavy (non-hydrogen) atoms. The number of ether oxygens (including phenoxy) is 1. The molecule has 0 saturated heterocycles. The van der Waals surface area contributed by atoms with Gasteiger partial charge in [-0.3, -0.25) is 4.98 Å². The van der Waals surface area contributed by atoms with Crippen molar-refractivity contribution in [3.8, 4) is 0 Å². The molecule has 0 aromatic carbocycles. The van der Waals surface area contributed by atoms with Crippen LogP contribution in [0.3, 0.4) is 0 Å². The summed E-state index contributed by atoms with van der Waals surface area (Å²) < 4.78 is 7.00. The van der Waals surface area contributed by atoms with Crippen molar-refractivity contribution < 1.29 is 4.74 Å². The highest BCUT2D eigenvalue weighted by molar-refractivity contribution is 9.11. The molecule has 1 N–H and O–H groups in total. The second-order valence-electron chi connectivity index (χ2n) is 4.56. The van der Waals surface area contributed by atoms with Crippen LogP contribution in [0.2, 0.25) is 0 Å². The van der Waals surface area contributed by atoms with Gasteiger partial charge in [-0.25, -0.2) is 0 Å². The Labute approximate surface area is 132 Å². The van der Waals surface area contributed by atoms with Crippen molar-refractivity contribution in [1.82, 2.24) is 10.3 Å². The Kier molecular flexibility index (Phi) is 7.83. The Balaban J connectivity index is 2.76. The van der Waals surface area contributed by atoms with Crippen LogP contribution in [-0.4, -0.2) is 31.8 Å². The molecule has 1 aromatic heterocycles. The number of nitrogens with one attached hydrogen (secondary N) is 1. The first-order valence-electron chi connectivity index (χ1n) is 6.25. The molecule has 1 aromatic rings. The maximum atomic E-state index is 5.03. The molecule has 0 aliphatic carbocycles. The van der Waals surface area contributed by atoms with Gasteiger partial charge >= 0.3 is 0 Å². The average molecular weight is 392 g/mol. The van der Waals surface area contributed by atoms with Crippen LogP contribution in [0.4, 0.5) is 0 Å². The molecular weight excluding hydrogens is 372 g/mol. The fourth-order valence-electron chi connectivity index (χ4n) is 1.54. The number of halogens is 2. The van der Waals surface area contributed by atoms with Crippen molar-refractivity contribution in [2.45, 2.75) is 13.8 Å². The van der Waals surface area contributed by atoms with Gasteiger partial charge in [0.15, 0.2) is 0 Å². The van der Waals surface area contributed by atoms with Gasteiger partial charge in [0.2, 0.25) is 0 Å². The molecule has 0 aliphatic rings. The summed E-state index contributed by atoms with van der Waals surface area (Å²) in [5.41, 5.74) is 2.28. The predicted octanol–water partition coefficient (Wildman–Crippen LogP) is 3.88.